The summed E-state index contributed by atoms with van der Waals surface area (Å²) in [5.74, 6) is 0. The zero-order chi connectivity index (χ0) is 13.0. The topological polar surface area (TPSA) is 42.1 Å². The second-order valence-electron chi connectivity index (χ2n) is 5.09. The molecular weight excluding hydrogens is 222 g/mol. The van der Waals surface area contributed by atoms with Crippen molar-refractivity contribution in [2.45, 2.75) is 38.8 Å². The molecule has 18 heavy (non-hydrogen) atoms. The molecule has 0 aliphatic carbocycles. The van der Waals surface area contributed by atoms with Crippen molar-refractivity contribution in [1.82, 2.24) is 9.88 Å². The molecule has 2 atom stereocenters. The maximum Gasteiger partial charge on any atom is 0.0503 e. The Morgan fingerprint density at radius 2 is 2.11 bits per heavy atom. The lowest BCUT2D eigenvalue weighted by molar-refractivity contribution is 0.182. The van der Waals surface area contributed by atoms with Gasteiger partial charge in [0.1, 0.15) is 0 Å². The van der Waals surface area contributed by atoms with E-state index in [2.05, 4.69) is 41.9 Å². The van der Waals surface area contributed by atoms with E-state index in [0.717, 1.165) is 25.9 Å². The number of hydrogen-bond donors (Lipinski definition) is 1. The molecule has 0 aromatic carbocycles. The van der Waals surface area contributed by atoms with Gasteiger partial charge in [-0.25, -0.2) is 0 Å². The summed E-state index contributed by atoms with van der Waals surface area (Å²) in [6.07, 6.45) is 8.18. The van der Waals surface area contributed by atoms with Crippen LogP contribution in [0.3, 0.4) is 0 Å². The first-order valence-corrected chi connectivity index (χ1v) is 6.77. The van der Waals surface area contributed by atoms with E-state index in [1.54, 1.807) is 0 Å². The third-order valence-electron chi connectivity index (χ3n) is 3.79. The number of nitrogens with zero attached hydrogens (tertiary/aromatic N) is 2. The summed E-state index contributed by atoms with van der Waals surface area (Å²) in [5.41, 5.74) is 9.11. The fraction of sp³-hybridized carbons (Fsp3) is 0.533. The molecule has 0 saturated carbocycles. The van der Waals surface area contributed by atoms with Crippen molar-refractivity contribution in [3.05, 3.63) is 41.7 Å². The van der Waals surface area contributed by atoms with Crippen molar-refractivity contribution < 1.29 is 0 Å². The maximum atomic E-state index is 6.33. The highest BCUT2D eigenvalue weighted by molar-refractivity contribution is 5.19. The second-order valence-corrected chi connectivity index (χ2v) is 5.09. The smallest absolute Gasteiger partial charge is 0.0503 e. The molecule has 1 aliphatic heterocycles. The zero-order valence-electron chi connectivity index (χ0n) is 11.3. The highest BCUT2D eigenvalue weighted by Gasteiger charge is 2.26. The summed E-state index contributed by atoms with van der Waals surface area (Å²) < 4.78 is 0. The first-order chi connectivity index (χ1) is 8.72. The molecule has 3 nitrogen and oxygen atoms in total. The van der Waals surface area contributed by atoms with Crippen LogP contribution in [-0.2, 0) is 0 Å². The van der Waals surface area contributed by atoms with E-state index >= 15 is 0 Å². The minimum absolute atomic E-state index is 0.180. The van der Waals surface area contributed by atoms with Gasteiger partial charge >= 0.3 is 0 Å². The Labute approximate surface area is 110 Å². The van der Waals surface area contributed by atoms with E-state index in [1.807, 2.05) is 12.4 Å². The van der Waals surface area contributed by atoms with Crippen LogP contribution < -0.4 is 5.73 Å². The average molecular weight is 245 g/mol. The van der Waals surface area contributed by atoms with E-state index in [9.17, 15) is 0 Å². The monoisotopic (exact) mass is 245 g/mol. The standard InChI is InChI=1S/C15H23N3/c1-3-14(16)15(13-4-8-17-9-5-13)18-10-6-12(2)7-11-18/h4-6,8-9,14-15H,3,7,10-11,16H2,1-2H3. The highest BCUT2D eigenvalue weighted by atomic mass is 15.2. The lowest BCUT2D eigenvalue weighted by Gasteiger charge is -2.37. The lowest BCUT2D eigenvalue weighted by atomic mass is 9.95. The van der Waals surface area contributed by atoms with E-state index in [0.29, 0.717) is 6.04 Å². The molecule has 0 radical (unpaired) electrons. The van der Waals surface area contributed by atoms with Crippen LogP contribution in [0.25, 0.3) is 0 Å². The quantitative estimate of drug-likeness (QED) is 0.829. The van der Waals surface area contributed by atoms with Gasteiger partial charge in [-0.3, -0.25) is 9.88 Å². The minimum Gasteiger partial charge on any atom is -0.326 e. The first-order valence-electron chi connectivity index (χ1n) is 6.77. The molecule has 0 saturated heterocycles. The van der Waals surface area contributed by atoms with Crippen molar-refractivity contribution in [3.8, 4) is 0 Å². The summed E-state index contributed by atoms with van der Waals surface area (Å²) in [4.78, 5) is 6.58. The van der Waals surface area contributed by atoms with Crippen LogP contribution in [-0.4, -0.2) is 29.0 Å². The van der Waals surface area contributed by atoms with Crippen molar-refractivity contribution in [2.75, 3.05) is 13.1 Å². The van der Waals surface area contributed by atoms with Gasteiger partial charge in [-0.15, -0.1) is 0 Å². The molecule has 2 rings (SSSR count). The van der Waals surface area contributed by atoms with Gasteiger partial charge < -0.3 is 5.73 Å². The summed E-state index contributed by atoms with van der Waals surface area (Å²) in [6, 6.07) is 4.66. The Morgan fingerprint density at radius 1 is 1.39 bits per heavy atom. The lowest BCUT2D eigenvalue weighted by Crippen LogP contribution is -2.42. The van der Waals surface area contributed by atoms with Gasteiger partial charge in [-0.1, -0.05) is 18.6 Å². The Hall–Kier alpha value is -1.19. The molecule has 2 N–H and O–H groups in total. The van der Waals surface area contributed by atoms with Crippen molar-refractivity contribution in [1.29, 1.82) is 0 Å². The summed E-state index contributed by atoms with van der Waals surface area (Å²) >= 11 is 0. The minimum atomic E-state index is 0.180. The normalized spacial score (nSPS) is 20.3. The van der Waals surface area contributed by atoms with Gasteiger partial charge in [0.25, 0.3) is 0 Å². The number of pyridine rings is 1. The third kappa shape index (κ3) is 2.98. The molecule has 0 fully saturated rings. The number of rotatable bonds is 4. The molecule has 0 bridgehead atoms. The van der Waals surface area contributed by atoms with Crippen LogP contribution >= 0.6 is 0 Å². The Bertz CT molecular complexity index is 399. The molecule has 1 aromatic heterocycles. The third-order valence-corrected chi connectivity index (χ3v) is 3.79. The molecule has 2 heterocycles. The molecule has 1 aromatic rings. The van der Waals surface area contributed by atoms with Gasteiger partial charge in [-0.2, -0.15) is 0 Å². The zero-order valence-corrected chi connectivity index (χ0v) is 11.3. The van der Waals surface area contributed by atoms with Crippen LogP contribution in [0.5, 0.6) is 0 Å². The summed E-state index contributed by atoms with van der Waals surface area (Å²) in [6.45, 7) is 6.47. The molecule has 2 unspecified atom stereocenters. The second kappa shape index (κ2) is 6.12. The predicted octanol–water partition coefficient (Wildman–Crippen LogP) is 2.51. The number of hydrogen-bond acceptors (Lipinski definition) is 3. The van der Waals surface area contributed by atoms with Crippen molar-refractivity contribution in [2.24, 2.45) is 5.73 Å². The van der Waals surface area contributed by atoms with Crippen molar-refractivity contribution in [3.63, 3.8) is 0 Å². The number of nitrogens with two attached hydrogens (primary N) is 1. The van der Waals surface area contributed by atoms with Crippen LogP contribution in [0, 0.1) is 0 Å². The Morgan fingerprint density at radius 3 is 2.67 bits per heavy atom. The summed E-state index contributed by atoms with van der Waals surface area (Å²) in [7, 11) is 0. The van der Waals surface area contributed by atoms with E-state index in [4.69, 9.17) is 5.73 Å². The predicted molar refractivity (Wildman–Crippen MR) is 75.2 cm³/mol. The van der Waals surface area contributed by atoms with Gasteiger partial charge in [0.15, 0.2) is 0 Å². The first kappa shape index (κ1) is 13.2. The molecule has 3 heteroatoms. The highest BCUT2D eigenvalue weighted by Crippen LogP contribution is 2.27. The Balaban J connectivity index is 2.21. The molecule has 1 aliphatic rings. The maximum absolute atomic E-state index is 6.33. The molecular formula is C15H23N3. The summed E-state index contributed by atoms with van der Waals surface area (Å²) in [5, 5.41) is 0. The largest absolute Gasteiger partial charge is 0.326 e. The molecule has 0 amide bonds. The van der Waals surface area contributed by atoms with Crippen LogP contribution in [0.2, 0.25) is 0 Å². The number of aromatic nitrogens is 1. The van der Waals surface area contributed by atoms with Gasteiger partial charge in [-0.05, 0) is 37.5 Å². The van der Waals surface area contributed by atoms with Gasteiger partial charge in [0.2, 0.25) is 0 Å². The van der Waals surface area contributed by atoms with E-state index in [1.165, 1.54) is 11.1 Å². The molecule has 98 valence electrons. The van der Waals surface area contributed by atoms with Crippen LogP contribution in [0.15, 0.2) is 36.2 Å². The van der Waals surface area contributed by atoms with E-state index < -0.39 is 0 Å². The van der Waals surface area contributed by atoms with Crippen molar-refractivity contribution >= 4 is 0 Å². The SMILES string of the molecule is CCC(N)C(c1ccncc1)N1CC=C(C)CC1. The van der Waals surface area contributed by atoms with Crippen LogP contribution in [0.1, 0.15) is 38.3 Å². The fourth-order valence-electron chi connectivity index (χ4n) is 2.55. The van der Waals surface area contributed by atoms with Gasteiger partial charge in [0.05, 0.1) is 6.04 Å². The molecule has 0 spiro atoms. The van der Waals surface area contributed by atoms with Crippen LogP contribution in [0.4, 0.5) is 0 Å². The van der Waals surface area contributed by atoms with E-state index in [-0.39, 0.29) is 6.04 Å². The fourth-order valence-corrected chi connectivity index (χ4v) is 2.55. The average Bonchev–Trinajstić information content (AvgIpc) is 2.42. The Kier molecular flexibility index (Phi) is 4.50. The van der Waals surface area contributed by atoms with Gasteiger partial charge in [0, 0.05) is 31.5 Å².